The molecule has 4 atom stereocenters. The standard InChI is InChI=1S/C29H27BrClFO4/c1-16(2)22-14-23(18-4-8-20(31)9-5-18)27(19-6-10-21(32)11-7-19)36-28(22)24-12-17(3)13-25(30)29(24)35-15-26(33)34/h4-13,22-23,27-28H,1,14-15H2,2-3H3,(H,33,34)/t22-,23-,27+,28+/m1/s1. The number of rotatable bonds is 7. The SMILES string of the molecule is C=C(C)[C@H]1C[C@H](c2ccc(Cl)cc2)[C@H](c2ccc(F)cc2)O[C@@H]1c1cc(C)cc(Br)c1OCC(=O)O. The summed E-state index contributed by atoms with van der Waals surface area (Å²) in [5.41, 5.74) is 4.57. The molecule has 3 aromatic carbocycles. The van der Waals surface area contributed by atoms with Crippen LogP contribution >= 0.6 is 27.5 Å². The molecule has 0 spiro atoms. The molecule has 0 amide bonds. The molecule has 36 heavy (non-hydrogen) atoms. The van der Waals surface area contributed by atoms with E-state index in [-0.39, 0.29) is 23.8 Å². The molecule has 0 saturated carbocycles. The van der Waals surface area contributed by atoms with Gasteiger partial charge in [-0.3, -0.25) is 0 Å². The van der Waals surface area contributed by atoms with Crippen molar-refractivity contribution in [3.63, 3.8) is 0 Å². The van der Waals surface area contributed by atoms with E-state index in [4.69, 9.17) is 21.1 Å². The van der Waals surface area contributed by atoms with Crippen molar-refractivity contribution < 1.29 is 23.8 Å². The van der Waals surface area contributed by atoms with Gasteiger partial charge in [0, 0.05) is 22.4 Å². The Hall–Kier alpha value is -2.67. The number of carbonyl (C=O) groups is 1. The lowest BCUT2D eigenvalue weighted by Gasteiger charge is -2.43. The van der Waals surface area contributed by atoms with E-state index in [2.05, 4.69) is 22.5 Å². The van der Waals surface area contributed by atoms with Gasteiger partial charge >= 0.3 is 5.97 Å². The molecule has 188 valence electrons. The number of hydrogen-bond donors (Lipinski definition) is 1. The summed E-state index contributed by atoms with van der Waals surface area (Å²) in [7, 11) is 0. The number of hydrogen-bond acceptors (Lipinski definition) is 3. The van der Waals surface area contributed by atoms with Crippen LogP contribution in [0.25, 0.3) is 0 Å². The third kappa shape index (κ3) is 5.83. The Morgan fingerprint density at radius 1 is 1.14 bits per heavy atom. The molecule has 1 heterocycles. The predicted molar refractivity (Wildman–Crippen MR) is 142 cm³/mol. The Kier molecular flexibility index (Phi) is 8.18. The number of carboxylic acids is 1. The van der Waals surface area contributed by atoms with Crippen molar-refractivity contribution >= 4 is 33.5 Å². The minimum Gasteiger partial charge on any atom is -0.480 e. The highest BCUT2D eigenvalue weighted by molar-refractivity contribution is 9.10. The van der Waals surface area contributed by atoms with Crippen molar-refractivity contribution in [1.82, 2.24) is 0 Å². The van der Waals surface area contributed by atoms with Crippen molar-refractivity contribution in [2.45, 2.75) is 38.4 Å². The van der Waals surface area contributed by atoms with E-state index in [0.717, 1.165) is 27.8 Å². The number of halogens is 3. The molecule has 4 rings (SSSR count). The predicted octanol–water partition coefficient (Wildman–Crippen LogP) is 8.19. The molecule has 1 fully saturated rings. The van der Waals surface area contributed by atoms with Crippen LogP contribution in [0, 0.1) is 18.7 Å². The molecule has 1 aliphatic rings. The zero-order valence-electron chi connectivity index (χ0n) is 20.0. The first-order valence-electron chi connectivity index (χ1n) is 11.6. The highest BCUT2D eigenvalue weighted by Crippen LogP contribution is 2.54. The van der Waals surface area contributed by atoms with E-state index < -0.39 is 18.7 Å². The number of aryl methyl sites for hydroxylation is 1. The van der Waals surface area contributed by atoms with Crippen LogP contribution in [0.1, 0.15) is 53.7 Å². The fraction of sp³-hybridized carbons (Fsp3) is 0.276. The summed E-state index contributed by atoms with van der Waals surface area (Å²) in [5, 5.41) is 9.88. The molecule has 0 radical (unpaired) electrons. The molecule has 1 saturated heterocycles. The van der Waals surface area contributed by atoms with E-state index in [9.17, 15) is 14.3 Å². The van der Waals surface area contributed by atoms with Gasteiger partial charge in [-0.2, -0.15) is 0 Å². The maximum absolute atomic E-state index is 13.8. The summed E-state index contributed by atoms with van der Waals surface area (Å²) in [6.45, 7) is 7.71. The molecule has 0 unspecified atom stereocenters. The third-order valence-electron chi connectivity index (χ3n) is 6.52. The molecule has 0 aliphatic carbocycles. The second kappa shape index (κ2) is 11.2. The topological polar surface area (TPSA) is 55.8 Å². The first-order valence-corrected chi connectivity index (χ1v) is 12.8. The first kappa shape index (κ1) is 26.4. The van der Waals surface area contributed by atoms with E-state index in [1.54, 1.807) is 12.1 Å². The van der Waals surface area contributed by atoms with Gasteiger partial charge in [0.15, 0.2) is 6.61 Å². The van der Waals surface area contributed by atoms with E-state index in [1.165, 1.54) is 12.1 Å². The molecule has 4 nitrogen and oxygen atoms in total. The van der Waals surface area contributed by atoms with Gasteiger partial charge in [0.05, 0.1) is 16.7 Å². The lowest BCUT2D eigenvalue weighted by molar-refractivity contribution is -0.139. The quantitative estimate of drug-likeness (QED) is 0.290. The van der Waals surface area contributed by atoms with Gasteiger partial charge in [0.1, 0.15) is 11.6 Å². The summed E-state index contributed by atoms with van der Waals surface area (Å²) in [5.74, 6) is -1.07. The monoisotopic (exact) mass is 572 g/mol. The maximum Gasteiger partial charge on any atom is 0.341 e. The lowest BCUT2D eigenvalue weighted by Crippen LogP contribution is -2.32. The van der Waals surface area contributed by atoms with Crippen LogP contribution in [0.4, 0.5) is 4.39 Å². The van der Waals surface area contributed by atoms with Crippen molar-refractivity contribution in [2.24, 2.45) is 5.92 Å². The Labute approximate surface area is 223 Å². The summed E-state index contributed by atoms with van der Waals surface area (Å²) in [6, 6.07) is 17.9. The minimum absolute atomic E-state index is 0.0395. The largest absolute Gasteiger partial charge is 0.480 e. The van der Waals surface area contributed by atoms with Crippen LogP contribution in [-0.2, 0) is 9.53 Å². The van der Waals surface area contributed by atoms with Crippen LogP contribution in [0.5, 0.6) is 5.75 Å². The number of benzene rings is 3. The highest BCUT2D eigenvalue weighted by atomic mass is 79.9. The first-order chi connectivity index (χ1) is 17.1. The Bertz CT molecular complexity index is 1260. The van der Waals surface area contributed by atoms with Gasteiger partial charge in [-0.1, -0.05) is 48.0 Å². The fourth-order valence-corrected chi connectivity index (χ4v) is 5.69. The zero-order chi connectivity index (χ0) is 26.0. The van der Waals surface area contributed by atoms with Crippen molar-refractivity contribution in [3.8, 4) is 5.75 Å². The second-order valence-corrected chi connectivity index (χ2v) is 10.5. The van der Waals surface area contributed by atoms with Crippen LogP contribution in [0.3, 0.4) is 0 Å². The van der Waals surface area contributed by atoms with Gasteiger partial charge in [-0.05, 0) is 89.3 Å². The smallest absolute Gasteiger partial charge is 0.341 e. The van der Waals surface area contributed by atoms with E-state index in [0.29, 0.717) is 21.7 Å². The summed E-state index contributed by atoms with van der Waals surface area (Å²) >= 11 is 9.70. The highest BCUT2D eigenvalue weighted by Gasteiger charge is 2.42. The molecular formula is C29H27BrClFO4. The summed E-state index contributed by atoms with van der Waals surface area (Å²) in [4.78, 5) is 11.3. The van der Waals surface area contributed by atoms with Gasteiger partial charge in [-0.25, -0.2) is 9.18 Å². The molecule has 0 aromatic heterocycles. The van der Waals surface area contributed by atoms with Gasteiger partial charge in [-0.15, -0.1) is 0 Å². The van der Waals surface area contributed by atoms with Gasteiger partial charge in [0.2, 0.25) is 0 Å². The number of ether oxygens (including phenoxy) is 2. The summed E-state index contributed by atoms with van der Waals surface area (Å²) < 4.78 is 27.0. The molecule has 7 heteroatoms. The Morgan fingerprint density at radius 3 is 2.39 bits per heavy atom. The lowest BCUT2D eigenvalue weighted by atomic mass is 9.74. The van der Waals surface area contributed by atoms with Crippen molar-refractivity contribution in [1.29, 1.82) is 0 Å². The molecule has 3 aromatic rings. The third-order valence-corrected chi connectivity index (χ3v) is 7.37. The zero-order valence-corrected chi connectivity index (χ0v) is 22.4. The van der Waals surface area contributed by atoms with Crippen molar-refractivity contribution in [3.05, 3.63) is 110 Å². The van der Waals surface area contributed by atoms with Crippen LogP contribution in [0.2, 0.25) is 5.02 Å². The van der Waals surface area contributed by atoms with Crippen molar-refractivity contribution in [2.75, 3.05) is 6.61 Å². The van der Waals surface area contributed by atoms with Crippen LogP contribution < -0.4 is 4.74 Å². The summed E-state index contributed by atoms with van der Waals surface area (Å²) in [6.07, 6.45) is -0.131. The normalized spacial score (nSPS) is 21.7. The van der Waals surface area contributed by atoms with E-state index >= 15 is 0 Å². The average Bonchev–Trinajstić information content (AvgIpc) is 2.83. The molecule has 0 bridgehead atoms. The molecule has 1 N–H and O–H groups in total. The van der Waals surface area contributed by atoms with Gasteiger partial charge in [0.25, 0.3) is 0 Å². The number of carboxylic acid groups (broad SMARTS) is 1. The maximum atomic E-state index is 13.8. The fourth-order valence-electron chi connectivity index (χ4n) is 4.86. The second-order valence-electron chi connectivity index (χ2n) is 9.22. The number of aliphatic carboxylic acids is 1. The minimum atomic E-state index is -1.07. The Morgan fingerprint density at radius 2 is 1.78 bits per heavy atom. The average molecular weight is 574 g/mol. The molecule has 1 aliphatic heterocycles. The van der Waals surface area contributed by atoms with Gasteiger partial charge < -0.3 is 14.6 Å². The molecular weight excluding hydrogens is 547 g/mol. The van der Waals surface area contributed by atoms with Crippen LogP contribution in [0.15, 0.2) is 77.3 Å². The van der Waals surface area contributed by atoms with Crippen LogP contribution in [-0.4, -0.2) is 17.7 Å². The van der Waals surface area contributed by atoms with E-state index in [1.807, 2.05) is 50.2 Å². The Balaban J connectivity index is 1.83.